The number of alkyl halides is 3. The van der Waals surface area contributed by atoms with E-state index in [0.29, 0.717) is 12.1 Å². The van der Waals surface area contributed by atoms with Crippen LogP contribution in [0.25, 0.3) is 0 Å². The van der Waals surface area contributed by atoms with Gasteiger partial charge in [-0.25, -0.2) is 4.79 Å². The third-order valence-electron chi connectivity index (χ3n) is 4.26. The van der Waals surface area contributed by atoms with Crippen molar-refractivity contribution < 1.29 is 18.0 Å². The Morgan fingerprint density at radius 3 is 2.62 bits per heavy atom. The molecule has 3 rings (SSSR count). The Morgan fingerprint density at radius 1 is 1.23 bits per heavy atom. The number of halogens is 3. The third kappa shape index (κ3) is 4.15. The van der Waals surface area contributed by atoms with Crippen LogP contribution in [0, 0.1) is 0 Å². The number of amides is 2. The maximum atomic E-state index is 12.7. The number of rotatable bonds is 3. The molecule has 1 N–H and O–H groups in total. The predicted molar refractivity (Wildman–Crippen MR) is 98.2 cm³/mol. The lowest BCUT2D eigenvalue weighted by Crippen LogP contribution is -2.34. The highest BCUT2D eigenvalue weighted by Gasteiger charge is 2.33. The topological polar surface area (TPSA) is 32.3 Å². The van der Waals surface area contributed by atoms with E-state index < -0.39 is 11.7 Å². The molecule has 0 saturated carbocycles. The molecule has 0 radical (unpaired) electrons. The van der Waals surface area contributed by atoms with E-state index in [2.05, 4.69) is 5.32 Å². The summed E-state index contributed by atoms with van der Waals surface area (Å²) in [5.74, 6) is 0.744. The van der Waals surface area contributed by atoms with Gasteiger partial charge in [-0.15, -0.1) is 11.8 Å². The van der Waals surface area contributed by atoms with E-state index in [4.69, 9.17) is 0 Å². The summed E-state index contributed by atoms with van der Waals surface area (Å²) in [5, 5.41) is 2.60. The Labute approximate surface area is 154 Å². The summed E-state index contributed by atoms with van der Waals surface area (Å²) in [7, 11) is 0. The van der Waals surface area contributed by atoms with Crippen molar-refractivity contribution in [3.05, 3.63) is 65.2 Å². The van der Waals surface area contributed by atoms with Gasteiger partial charge in [-0.3, -0.25) is 0 Å². The molecule has 0 aromatic heterocycles. The van der Waals surface area contributed by atoms with Gasteiger partial charge in [-0.2, -0.15) is 13.2 Å². The molecule has 1 fully saturated rings. The number of anilines is 1. The summed E-state index contributed by atoms with van der Waals surface area (Å²) >= 11 is 1.55. The van der Waals surface area contributed by atoms with Gasteiger partial charge in [0.15, 0.2) is 0 Å². The molecule has 2 amide bonds. The number of aryl methyl sites for hydroxylation is 1. The maximum absolute atomic E-state index is 12.7. The van der Waals surface area contributed by atoms with Crippen LogP contribution < -0.4 is 5.32 Å². The molecule has 1 unspecified atom stereocenters. The van der Waals surface area contributed by atoms with Crippen LogP contribution in [0.5, 0.6) is 0 Å². The summed E-state index contributed by atoms with van der Waals surface area (Å²) in [6.45, 7) is 2.59. The van der Waals surface area contributed by atoms with E-state index in [9.17, 15) is 18.0 Å². The van der Waals surface area contributed by atoms with Gasteiger partial charge in [0.1, 0.15) is 5.37 Å². The number of hydrogen-bond donors (Lipinski definition) is 1. The second kappa shape index (κ2) is 7.61. The Bertz CT molecular complexity index is 777. The summed E-state index contributed by atoms with van der Waals surface area (Å²) in [4.78, 5) is 14.3. The number of nitrogens with zero attached hydrogens (tertiary/aromatic N) is 1. The highest BCUT2D eigenvalue weighted by atomic mass is 32.2. The van der Waals surface area contributed by atoms with Crippen LogP contribution in [-0.2, 0) is 12.6 Å². The Morgan fingerprint density at radius 2 is 1.96 bits per heavy atom. The summed E-state index contributed by atoms with van der Waals surface area (Å²) in [6, 6.07) is 12.4. The first-order valence-electron chi connectivity index (χ1n) is 8.34. The molecular formula is C19H19F3N2OS. The van der Waals surface area contributed by atoms with Crippen LogP contribution in [0.15, 0.2) is 48.5 Å². The maximum Gasteiger partial charge on any atom is 0.416 e. The van der Waals surface area contributed by atoms with E-state index in [-0.39, 0.29) is 11.4 Å². The molecule has 2 aromatic carbocycles. The summed E-state index contributed by atoms with van der Waals surface area (Å²) in [5.41, 5.74) is 1.85. The highest BCUT2D eigenvalue weighted by molar-refractivity contribution is 7.99. The smallest absolute Gasteiger partial charge is 0.308 e. The average molecular weight is 380 g/mol. The number of thioether (sulfide) groups is 1. The molecule has 138 valence electrons. The van der Waals surface area contributed by atoms with Gasteiger partial charge in [0.25, 0.3) is 0 Å². The fourth-order valence-corrected chi connectivity index (χ4v) is 4.11. The molecule has 1 aliphatic rings. The van der Waals surface area contributed by atoms with Crippen molar-refractivity contribution >= 4 is 23.5 Å². The zero-order valence-electron chi connectivity index (χ0n) is 14.2. The molecule has 0 aliphatic carbocycles. The Balaban J connectivity index is 1.74. The molecule has 7 heteroatoms. The van der Waals surface area contributed by atoms with Crippen molar-refractivity contribution in [3.8, 4) is 0 Å². The van der Waals surface area contributed by atoms with Gasteiger partial charge in [-0.05, 0) is 41.8 Å². The van der Waals surface area contributed by atoms with Crippen molar-refractivity contribution in [2.75, 3.05) is 17.6 Å². The fourth-order valence-electron chi connectivity index (χ4n) is 2.86. The van der Waals surface area contributed by atoms with Gasteiger partial charge in [0.05, 0.1) is 5.56 Å². The largest absolute Gasteiger partial charge is 0.416 e. The third-order valence-corrected chi connectivity index (χ3v) is 5.52. The number of carbonyl (C=O) groups is 1. The van der Waals surface area contributed by atoms with E-state index in [1.54, 1.807) is 16.7 Å². The van der Waals surface area contributed by atoms with Gasteiger partial charge in [0.2, 0.25) is 0 Å². The van der Waals surface area contributed by atoms with Crippen molar-refractivity contribution in [1.82, 2.24) is 4.90 Å². The minimum Gasteiger partial charge on any atom is -0.308 e. The molecule has 2 aromatic rings. The van der Waals surface area contributed by atoms with Crippen LogP contribution in [0.3, 0.4) is 0 Å². The summed E-state index contributed by atoms with van der Waals surface area (Å²) in [6.07, 6.45) is -3.49. The van der Waals surface area contributed by atoms with Crippen molar-refractivity contribution in [2.45, 2.75) is 24.9 Å². The van der Waals surface area contributed by atoms with Gasteiger partial charge < -0.3 is 10.2 Å². The highest BCUT2D eigenvalue weighted by Crippen LogP contribution is 2.39. The molecule has 0 spiro atoms. The first-order chi connectivity index (χ1) is 12.4. The summed E-state index contributed by atoms with van der Waals surface area (Å²) < 4.78 is 38.2. The van der Waals surface area contributed by atoms with Crippen LogP contribution in [0.4, 0.5) is 23.7 Å². The minimum absolute atomic E-state index is 0.242. The molecule has 1 saturated heterocycles. The standard InChI is InChI=1S/C19H19F3N2OS/c1-2-13-4-3-5-16(12-13)23-18(25)24-10-11-26-17(24)14-6-8-15(9-7-14)19(20,21)22/h3-9,12,17H,2,10-11H2,1H3,(H,23,25). The zero-order chi connectivity index (χ0) is 18.7. The first-order valence-corrected chi connectivity index (χ1v) is 9.38. The monoisotopic (exact) mass is 380 g/mol. The predicted octanol–water partition coefficient (Wildman–Crippen LogP) is 5.55. The van der Waals surface area contributed by atoms with Crippen molar-refractivity contribution in [2.24, 2.45) is 0 Å². The quantitative estimate of drug-likeness (QED) is 0.757. The lowest BCUT2D eigenvalue weighted by molar-refractivity contribution is -0.137. The molecule has 3 nitrogen and oxygen atoms in total. The van der Waals surface area contributed by atoms with E-state index >= 15 is 0 Å². The van der Waals surface area contributed by atoms with Crippen LogP contribution in [-0.4, -0.2) is 23.2 Å². The Kier molecular flexibility index (Phi) is 5.46. The molecule has 0 bridgehead atoms. The van der Waals surface area contributed by atoms with Crippen LogP contribution >= 0.6 is 11.8 Å². The minimum atomic E-state index is -4.36. The number of urea groups is 1. The normalized spacial score (nSPS) is 17.4. The lowest BCUT2D eigenvalue weighted by atomic mass is 10.1. The molecule has 1 aliphatic heterocycles. The van der Waals surface area contributed by atoms with Gasteiger partial charge >= 0.3 is 12.2 Å². The second-order valence-corrected chi connectivity index (χ2v) is 7.21. The van der Waals surface area contributed by atoms with Crippen molar-refractivity contribution in [1.29, 1.82) is 0 Å². The number of nitrogens with one attached hydrogen (secondary N) is 1. The molecule has 1 atom stereocenters. The number of carbonyl (C=O) groups excluding carboxylic acids is 1. The average Bonchev–Trinajstić information content (AvgIpc) is 3.11. The first kappa shape index (κ1) is 18.6. The van der Waals surface area contributed by atoms with E-state index in [1.807, 2.05) is 31.2 Å². The molecular weight excluding hydrogens is 361 g/mol. The van der Waals surface area contributed by atoms with E-state index in [1.165, 1.54) is 12.1 Å². The van der Waals surface area contributed by atoms with Gasteiger partial charge in [0, 0.05) is 18.0 Å². The van der Waals surface area contributed by atoms with Crippen LogP contribution in [0.1, 0.15) is 29.0 Å². The zero-order valence-corrected chi connectivity index (χ0v) is 15.0. The lowest BCUT2D eigenvalue weighted by Gasteiger charge is -2.25. The fraction of sp³-hybridized carbons (Fsp3) is 0.316. The molecule has 1 heterocycles. The van der Waals surface area contributed by atoms with Crippen LogP contribution in [0.2, 0.25) is 0 Å². The number of benzene rings is 2. The Hall–Kier alpha value is -2.15. The van der Waals surface area contributed by atoms with Crippen molar-refractivity contribution in [3.63, 3.8) is 0 Å². The van der Waals surface area contributed by atoms with E-state index in [0.717, 1.165) is 35.6 Å². The second-order valence-electron chi connectivity index (χ2n) is 6.02. The molecule has 26 heavy (non-hydrogen) atoms. The SMILES string of the molecule is CCc1cccc(NC(=O)N2CCSC2c2ccc(C(F)(F)F)cc2)c1. The number of hydrogen-bond acceptors (Lipinski definition) is 2. The van der Waals surface area contributed by atoms with Gasteiger partial charge in [-0.1, -0.05) is 31.2 Å².